The number of hydrogen-bond donors (Lipinski definition) is 5. The molecule has 21 heteroatoms. The predicted octanol–water partition coefficient (Wildman–Crippen LogP) is 4.19. The van der Waals surface area contributed by atoms with Crippen LogP contribution in [0.1, 0.15) is 142 Å². The Balaban J connectivity index is 0.645. The molecule has 15 aliphatic heterocycles. The molecule has 452 valence electrons. The molecule has 0 radical (unpaired) electrons. The van der Waals surface area contributed by atoms with Crippen molar-refractivity contribution in [3.8, 4) is 0 Å². The van der Waals surface area contributed by atoms with Crippen LogP contribution < -0.4 is 0 Å². The number of aliphatic hydroxyl groups is 5. The van der Waals surface area contributed by atoms with Gasteiger partial charge in [0, 0.05) is 70.6 Å². The lowest BCUT2D eigenvalue weighted by Gasteiger charge is -2.53. The van der Waals surface area contributed by atoms with Crippen LogP contribution in [0.25, 0.3) is 0 Å². The van der Waals surface area contributed by atoms with E-state index in [0.717, 1.165) is 30.4 Å². The van der Waals surface area contributed by atoms with Crippen LogP contribution in [0.2, 0.25) is 0 Å². The fourth-order valence-electron chi connectivity index (χ4n) is 18.1. The van der Waals surface area contributed by atoms with E-state index < -0.39 is 82.0 Å². The van der Waals surface area contributed by atoms with E-state index in [-0.39, 0.29) is 141 Å². The number of fused-ring (bicyclic) bond motifs is 14. The van der Waals surface area contributed by atoms with Gasteiger partial charge in [-0.3, -0.25) is 4.79 Å². The van der Waals surface area contributed by atoms with Crippen LogP contribution in [0, 0.1) is 17.8 Å². The number of ether oxygens (including phenoxy) is 14. The molecular formula is C60H85IO20. The van der Waals surface area contributed by atoms with Crippen molar-refractivity contribution in [3.63, 3.8) is 0 Å². The van der Waals surface area contributed by atoms with Crippen molar-refractivity contribution in [2.45, 2.75) is 316 Å². The summed E-state index contributed by atoms with van der Waals surface area (Å²) in [5, 5.41) is 54.6. The molecule has 20 nitrogen and oxygen atoms in total. The summed E-state index contributed by atoms with van der Waals surface area (Å²) in [7, 11) is 0. The van der Waals surface area contributed by atoms with Crippen molar-refractivity contribution in [1.82, 2.24) is 0 Å². The Kier molecular flexibility index (Phi) is 14.8. The van der Waals surface area contributed by atoms with E-state index in [2.05, 4.69) is 49.6 Å². The molecule has 0 aliphatic carbocycles. The first-order chi connectivity index (χ1) is 38.8. The van der Waals surface area contributed by atoms with Crippen LogP contribution in [0.5, 0.6) is 0 Å². The number of aliphatic hydroxyl groups excluding tert-OH is 3. The van der Waals surface area contributed by atoms with Gasteiger partial charge in [0.1, 0.15) is 36.3 Å². The molecule has 0 aromatic heterocycles. The molecule has 81 heavy (non-hydrogen) atoms. The minimum Gasteiger partial charge on any atom is -0.394 e. The minimum absolute atomic E-state index is 0.0547. The van der Waals surface area contributed by atoms with Gasteiger partial charge in [-0.25, -0.2) is 0 Å². The van der Waals surface area contributed by atoms with Crippen LogP contribution in [0.15, 0.2) is 24.3 Å². The first-order valence-electron chi connectivity index (χ1n) is 31.1. The smallest absolute Gasteiger partial charge is 0.224 e. The lowest BCUT2D eigenvalue weighted by Crippen LogP contribution is -2.68. The first kappa shape index (κ1) is 56.6. The molecule has 0 aromatic carbocycles. The Hall–Kier alpha value is -0.880. The third-order valence-corrected chi connectivity index (χ3v) is 23.6. The predicted molar refractivity (Wildman–Crippen MR) is 288 cm³/mol. The van der Waals surface area contributed by atoms with Crippen molar-refractivity contribution >= 4 is 28.4 Å². The molecule has 0 saturated carbocycles. The van der Waals surface area contributed by atoms with E-state index in [4.69, 9.17) is 66.3 Å². The summed E-state index contributed by atoms with van der Waals surface area (Å²) >= 11 is 2.24. The van der Waals surface area contributed by atoms with Gasteiger partial charge >= 0.3 is 0 Å². The summed E-state index contributed by atoms with van der Waals surface area (Å²) in [6, 6.07) is 0. The number of rotatable bonds is 2. The highest BCUT2D eigenvalue weighted by Gasteiger charge is 2.72. The van der Waals surface area contributed by atoms with Crippen LogP contribution in [0.4, 0.5) is 0 Å². The third kappa shape index (κ3) is 9.89. The second-order valence-corrected chi connectivity index (χ2v) is 29.1. The Morgan fingerprint density at radius 3 is 2.12 bits per heavy atom. The quantitative estimate of drug-likeness (QED) is 0.113. The summed E-state index contributed by atoms with van der Waals surface area (Å²) in [6.45, 7) is 13.1. The monoisotopic (exact) mass is 1250 g/mol. The lowest BCUT2D eigenvalue weighted by molar-refractivity contribution is -0.362. The van der Waals surface area contributed by atoms with Crippen molar-refractivity contribution in [2.24, 2.45) is 17.8 Å². The second kappa shape index (κ2) is 21.1. The van der Waals surface area contributed by atoms with Gasteiger partial charge in [-0.05, 0) is 86.7 Å². The van der Waals surface area contributed by atoms with Gasteiger partial charge in [-0.1, -0.05) is 49.6 Å². The van der Waals surface area contributed by atoms with Gasteiger partial charge in [-0.15, -0.1) is 0 Å². The molecule has 15 rings (SSSR count). The molecule has 15 heterocycles. The third-order valence-electron chi connectivity index (χ3n) is 22.2. The standard InChI is InChI=1S/C60H85IO20/c1-26-13-32-5-7-36-27(2)14-34(68-36)9-12-59-56(65)60(66,67)55(81-59)54-50(61)53(80-59)52-38(74-54)8-6-33(70-52)17-31(63)15-30-16-42-43(71-40(30)18-39(69-32)29(26)4)20-46-48(73-42)23-58(77-46)24-49-37(76-58)10-11-57(79-49)22-28(3)51-47(78-57)21-44-45(75-51)19-41(72-44)35(64)25-62/h26,28,30,32-56,62,64-67H,2,4-25H2,1,3H3/t26-,28+,30-,32+,33-,34+,35+,36+,37+,38+,39-,40+,41+,42+,43+,44-,45-,46-,47+,48-,49+,50+,51+,52+,53-,54-,55?,56+,57+,58-,59-/m1/s1. The summed E-state index contributed by atoms with van der Waals surface area (Å²) in [5.41, 5.74) is 2.03. The number of halogens is 1. The maximum atomic E-state index is 14.7. The maximum absolute atomic E-state index is 14.7. The SMILES string of the molecule is C=C1C[C@@H]2CC[C@]34OC([C@@H]5O[C@H]6CC[C@H](CC(=O)C[C@@H]7C[C@@H]8O[C@@H]9C[C@]%10(C[C@@H]%11O[C@@]%12(CC[C@@H]%11O%10)C[C@H](C)[C@@H]%10O[C@@H]%11C[C@@H]([C@@H](O)CO)O[C@@H]%11C[C@@H]%10O%12)O[C@@H]9C[C@@H]8O[C@H]7C[C@H]7O[C@@H](CC[C@@H]1O2)C[C@@H](C)C7=C)O[C@@H]6[C@H](O3)[C@@H]5I)C(O)(O)[C@H]4O. The topological polar surface area (TPSA) is 247 Å². The molecule has 15 aliphatic rings. The normalized spacial score (nSPS) is 56.9. The Labute approximate surface area is 487 Å². The van der Waals surface area contributed by atoms with E-state index in [1.165, 1.54) is 0 Å². The van der Waals surface area contributed by atoms with Gasteiger partial charge in [0.05, 0.1) is 120 Å². The van der Waals surface area contributed by atoms with Crippen LogP contribution >= 0.6 is 22.6 Å². The minimum atomic E-state index is -2.62. The average molecular weight is 1250 g/mol. The number of Topliss-reactive ketones (excluding diaryl/α,β-unsaturated/α-hetero) is 1. The Morgan fingerprint density at radius 1 is 0.568 bits per heavy atom. The summed E-state index contributed by atoms with van der Waals surface area (Å²) in [6.07, 6.45) is 0.847. The van der Waals surface area contributed by atoms with Crippen molar-refractivity contribution < 1.29 is 96.6 Å². The first-order valence-corrected chi connectivity index (χ1v) is 32.3. The molecule has 3 spiro atoms. The second-order valence-electron chi connectivity index (χ2n) is 27.7. The van der Waals surface area contributed by atoms with E-state index in [1.54, 1.807) is 0 Å². The molecule has 0 amide bonds. The molecule has 5 N–H and O–H groups in total. The number of carbonyl (C=O) groups is 1. The number of alkyl halides is 1. The van der Waals surface area contributed by atoms with E-state index in [1.807, 2.05) is 0 Å². The highest BCUT2D eigenvalue weighted by molar-refractivity contribution is 14.1. The van der Waals surface area contributed by atoms with Crippen molar-refractivity contribution in [2.75, 3.05) is 6.61 Å². The summed E-state index contributed by atoms with van der Waals surface area (Å²) < 4.78 is 95.2. The molecule has 0 aromatic rings. The summed E-state index contributed by atoms with van der Waals surface area (Å²) in [4.78, 5) is 14.7. The zero-order valence-electron chi connectivity index (χ0n) is 46.7. The van der Waals surface area contributed by atoms with Crippen LogP contribution in [0.3, 0.4) is 0 Å². The van der Waals surface area contributed by atoms with Gasteiger partial charge < -0.3 is 91.8 Å². The van der Waals surface area contributed by atoms with E-state index >= 15 is 0 Å². The summed E-state index contributed by atoms with van der Waals surface area (Å²) in [5.74, 6) is -5.77. The molecule has 15 fully saturated rings. The number of carbonyl (C=O) groups excluding carboxylic acids is 1. The van der Waals surface area contributed by atoms with E-state index in [0.29, 0.717) is 89.9 Å². The zero-order chi connectivity index (χ0) is 55.6. The van der Waals surface area contributed by atoms with Gasteiger partial charge in [0.2, 0.25) is 11.6 Å². The van der Waals surface area contributed by atoms with Crippen LogP contribution in [-0.2, 0) is 71.1 Å². The van der Waals surface area contributed by atoms with E-state index in [9.17, 15) is 30.3 Å². The van der Waals surface area contributed by atoms with Gasteiger partial charge in [0.25, 0.3) is 0 Å². The molecule has 1 unspecified atom stereocenters. The van der Waals surface area contributed by atoms with Crippen LogP contribution in [-0.4, -0.2) is 211 Å². The number of hydrogen-bond acceptors (Lipinski definition) is 20. The van der Waals surface area contributed by atoms with Gasteiger partial charge in [0.15, 0.2) is 17.7 Å². The largest absolute Gasteiger partial charge is 0.394 e. The Morgan fingerprint density at radius 2 is 1.27 bits per heavy atom. The molecule has 10 bridgehead atoms. The molecule has 15 saturated heterocycles. The van der Waals surface area contributed by atoms with Gasteiger partial charge in [-0.2, -0.15) is 0 Å². The maximum Gasteiger partial charge on any atom is 0.224 e. The average Bonchev–Trinajstić information content (AvgIpc) is 4.37. The highest BCUT2D eigenvalue weighted by Crippen LogP contribution is 2.57. The fourth-order valence-corrected chi connectivity index (χ4v) is 19.2. The highest BCUT2D eigenvalue weighted by atomic mass is 127. The lowest BCUT2D eigenvalue weighted by atomic mass is 9.78. The van der Waals surface area contributed by atoms with Crippen molar-refractivity contribution in [3.05, 3.63) is 24.3 Å². The zero-order valence-corrected chi connectivity index (χ0v) is 48.8. The fraction of sp³-hybridized carbons (Fsp3) is 0.917. The van der Waals surface area contributed by atoms with Crippen molar-refractivity contribution in [1.29, 1.82) is 0 Å². The number of ketones is 1. The molecule has 31 atom stereocenters. The Bertz CT molecular complexity index is 2420. The molecular weight excluding hydrogens is 1170 g/mol.